The van der Waals surface area contributed by atoms with Crippen LogP contribution in [0.2, 0.25) is 0 Å². The SMILES string of the molecule is CC(C)CN1CC[C@@H](CN(C)c2cncc(C(N)=O)n2)C1. The van der Waals surface area contributed by atoms with E-state index in [2.05, 4.69) is 33.6 Å². The van der Waals surface area contributed by atoms with Crippen LogP contribution >= 0.6 is 0 Å². The molecule has 1 amide bonds. The molecule has 6 nitrogen and oxygen atoms in total. The van der Waals surface area contributed by atoms with Gasteiger partial charge in [-0.15, -0.1) is 0 Å². The summed E-state index contributed by atoms with van der Waals surface area (Å²) in [6.45, 7) is 8.90. The summed E-state index contributed by atoms with van der Waals surface area (Å²) < 4.78 is 0. The molecule has 116 valence electrons. The summed E-state index contributed by atoms with van der Waals surface area (Å²) in [6, 6.07) is 0. The number of aromatic nitrogens is 2. The fourth-order valence-electron chi connectivity index (χ4n) is 2.88. The van der Waals surface area contributed by atoms with Gasteiger partial charge in [0.15, 0.2) is 0 Å². The van der Waals surface area contributed by atoms with Crippen LogP contribution in [0, 0.1) is 11.8 Å². The molecule has 0 aliphatic carbocycles. The highest BCUT2D eigenvalue weighted by Gasteiger charge is 2.24. The quantitative estimate of drug-likeness (QED) is 0.846. The number of hydrogen-bond acceptors (Lipinski definition) is 5. The van der Waals surface area contributed by atoms with Crippen LogP contribution in [0.5, 0.6) is 0 Å². The first-order valence-electron chi connectivity index (χ1n) is 7.51. The summed E-state index contributed by atoms with van der Waals surface area (Å²) in [5.74, 6) is 1.50. The van der Waals surface area contributed by atoms with Crippen molar-refractivity contribution in [3.8, 4) is 0 Å². The minimum Gasteiger partial charge on any atom is -0.364 e. The number of amides is 1. The molecule has 1 aliphatic rings. The van der Waals surface area contributed by atoms with E-state index in [1.165, 1.54) is 19.2 Å². The number of nitrogens with zero attached hydrogens (tertiary/aromatic N) is 4. The van der Waals surface area contributed by atoms with Crippen molar-refractivity contribution >= 4 is 11.7 Å². The second-order valence-electron chi connectivity index (χ2n) is 6.32. The van der Waals surface area contributed by atoms with Gasteiger partial charge in [-0.1, -0.05) is 13.8 Å². The van der Waals surface area contributed by atoms with Crippen LogP contribution < -0.4 is 10.6 Å². The predicted octanol–water partition coefficient (Wildman–Crippen LogP) is 0.990. The lowest BCUT2D eigenvalue weighted by Gasteiger charge is -2.23. The Morgan fingerprint density at radius 2 is 2.29 bits per heavy atom. The minimum absolute atomic E-state index is 0.215. The maximum atomic E-state index is 11.2. The molecule has 1 atom stereocenters. The minimum atomic E-state index is -0.540. The van der Waals surface area contributed by atoms with Gasteiger partial charge in [-0.05, 0) is 24.8 Å². The second kappa shape index (κ2) is 6.85. The van der Waals surface area contributed by atoms with Gasteiger partial charge in [0, 0.05) is 26.7 Å². The van der Waals surface area contributed by atoms with Crippen molar-refractivity contribution in [3.05, 3.63) is 18.1 Å². The highest BCUT2D eigenvalue weighted by molar-refractivity contribution is 5.90. The molecular weight excluding hydrogens is 266 g/mol. The molecule has 2 rings (SSSR count). The van der Waals surface area contributed by atoms with E-state index in [9.17, 15) is 4.79 Å². The number of carbonyl (C=O) groups excluding carboxylic acids is 1. The topological polar surface area (TPSA) is 75.3 Å². The zero-order valence-electron chi connectivity index (χ0n) is 13.1. The first kappa shape index (κ1) is 15.7. The number of nitrogens with two attached hydrogens (primary N) is 1. The highest BCUT2D eigenvalue weighted by Crippen LogP contribution is 2.20. The molecule has 0 radical (unpaired) electrons. The van der Waals surface area contributed by atoms with Gasteiger partial charge in [0.25, 0.3) is 5.91 Å². The summed E-state index contributed by atoms with van der Waals surface area (Å²) in [5.41, 5.74) is 5.46. The Kier molecular flexibility index (Phi) is 5.12. The van der Waals surface area contributed by atoms with E-state index in [1.807, 2.05) is 7.05 Å². The number of likely N-dealkylation sites (tertiary alicyclic amines) is 1. The molecule has 1 aromatic heterocycles. The van der Waals surface area contributed by atoms with Crippen LogP contribution in [0.25, 0.3) is 0 Å². The Morgan fingerprint density at radius 3 is 2.95 bits per heavy atom. The van der Waals surface area contributed by atoms with E-state index in [0.717, 1.165) is 19.6 Å². The Balaban J connectivity index is 1.91. The van der Waals surface area contributed by atoms with Crippen LogP contribution in [0.15, 0.2) is 12.4 Å². The third-order valence-electron chi connectivity index (χ3n) is 3.79. The third-order valence-corrected chi connectivity index (χ3v) is 3.79. The lowest BCUT2D eigenvalue weighted by atomic mass is 10.1. The molecule has 2 N–H and O–H groups in total. The van der Waals surface area contributed by atoms with Gasteiger partial charge in [0.1, 0.15) is 11.5 Å². The predicted molar refractivity (Wildman–Crippen MR) is 83.2 cm³/mol. The standard InChI is InChI=1S/C15H25N5O/c1-11(2)8-20-5-4-12(10-20)9-19(3)14-7-17-6-13(18-14)15(16)21/h6-7,11-12H,4-5,8-10H2,1-3H3,(H2,16,21)/t12-/m0/s1. The van der Waals surface area contributed by atoms with Crippen LogP contribution in [-0.4, -0.2) is 54.0 Å². The van der Waals surface area contributed by atoms with Crippen molar-refractivity contribution in [2.75, 3.05) is 38.1 Å². The van der Waals surface area contributed by atoms with Crippen molar-refractivity contribution in [1.82, 2.24) is 14.9 Å². The molecule has 0 spiro atoms. The van der Waals surface area contributed by atoms with Crippen molar-refractivity contribution in [2.24, 2.45) is 17.6 Å². The van der Waals surface area contributed by atoms with E-state index in [1.54, 1.807) is 6.20 Å². The van der Waals surface area contributed by atoms with Crippen LogP contribution in [0.4, 0.5) is 5.82 Å². The lowest BCUT2D eigenvalue weighted by Crippen LogP contribution is -2.30. The molecule has 0 unspecified atom stereocenters. The summed E-state index contributed by atoms with van der Waals surface area (Å²) in [7, 11) is 1.99. The van der Waals surface area contributed by atoms with Crippen molar-refractivity contribution in [3.63, 3.8) is 0 Å². The first-order chi connectivity index (χ1) is 9.95. The molecule has 1 aromatic rings. The molecule has 0 saturated carbocycles. The van der Waals surface area contributed by atoms with Gasteiger partial charge in [-0.3, -0.25) is 9.78 Å². The Labute approximate surface area is 126 Å². The maximum Gasteiger partial charge on any atom is 0.268 e. The summed E-state index contributed by atoms with van der Waals surface area (Å²) in [4.78, 5) is 24.0. The number of anilines is 1. The number of hydrogen-bond donors (Lipinski definition) is 1. The summed E-state index contributed by atoms with van der Waals surface area (Å²) in [6.07, 6.45) is 4.28. The van der Waals surface area contributed by atoms with Crippen molar-refractivity contribution < 1.29 is 4.79 Å². The number of carbonyl (C=O) groups is 1. The van der Waals surface area contributed by atoms with Gasteiger partial charge < -0.3 is 15.5 Å². The summed E-state index contributed by atoms with van der Waals surface area (Å²) in [5, 5.41) is 0. The molecule has 1 aliphatic heterocycles. The first-order valence-corrected chi connectivity index (χ1v) is 7.51. The lowest BCUT2D eigenvalue weighted by molar-refractivity contribution is 0.0995. The van der Waals surface area contributed by atoms with E-state index < -0.39 is 5.91 Å². The van der Waals surface area contributed by atoms with E-state index in [0.29, 0.717) is 17.7 Å². The summed E-state index contributed by atoms with van der Waals surface area (Å²) >= 11 is 0. The maximum absolute atomic E-state index is 11.2. The smallest absolute Gasteiger partial charge is 0.268 e. The zero-order chi connectivity index (χ0) is 15.4. The Bertz CT molecular complexity index is 491. The van der Waals surface area contributed by atoms with Crippen LogP contribution in [-0.2, 0) is 0 Å². The fraction of sp³-hybridized carbons (Fsp3) is 0.667. The number of rotatable bonds is 6. The Hall–Kier alpha value is -1.69. The average molecular weight is 291 g/mol. The monoisotopic (exact) mass is 291 g/mol. The molecule has 0 bridgehead atoms. The molecule has 6 heteroatoms. The van der Waals surface area contributed by atoms with Gasteiger partial charge in [-0.25, -0.2) is 4.98 Å². The average Bonchev–Trinajstić information content (AvgIpc) is 2.85. The molecule has 1 fully saturated rings. The van der Waals surface area contributed by atoms with E-state index in [-0.39, 0.29) is 5.69 Å². The second-order valence-corrected chi connectivity index (χ2v) is 6.32. The normalized spacial score (nSPS) is 19.1. The highest BCUT2D eigenvalue weighted by atomic mass is 16.1. The van der Waals surface area contributed by atoms with E-state index >= 15 is 0 Å². The van der Waals surface area contributed by atoms with Gasteiger partial charge >= 0.3 is 0 Å². The van der Waals surface area contributed by atoms with Gasteiger partial charge in [0.05, 0.1) is 12.4 Å². The van der Waals surface area contributed by atoms with Crippen molar-refractivity contribution in [2.45, 2.75) is 20.3 Å². The molecule has 1 saturated heterocycles. The van der Waals surface area contributed by atoms with E-state index in [4.69, 9.17) is 5.73 Å². The van der Waals surface area contributed by atoms with Crippen LogP contribution in [0.1, 0.15) is 30.8 Å². The molecule has 21 heavy (non-hydrogen) atoms. The molecule has 0 aromatic carbocycles. The fourth-order valence-corrected chi connectivity index (χ4v) is 2.88. The molecular formula is C15H25N5O. The Morgan fingerprint density at radius 1 is 1.52 bits per heavy atom. The van der Waals surface area contributed by atoms with Crippen LogP contribution in [0.3, 0.4) is 0 Å². The zero-order valence-corrected chi connectivity index (χ0v) is 13.1. The largest absolute Gasteiger partial charge is 0.364 e. The molecule has 2 heterocycles. The van der Waals surface area contributed by atoms with Gasteiger partial charge in [0.2, 0.25) is 0 Å². The van der Waals surface area contributed by atoms with Crippen molar-refractivity contribution in [1.29, 1.82) is 0 Å². The third kappa shape index (κ3) is 4.39. The number of primary amides is 1. The van der Waals surface area contributed by atoms with Gasteiger partial charge in [-0.2, -0.15) is 0 Å².